The Hall–Kier alpha value is -2.14. The van der Waals surface area contributed by atoms with Gasteiger partial charge in [0, 0.05) is 29.9 Å². The first-order chi connectivity index (χ1) is 12.0. The lowest BCUT2D eigenvalue weighted by Gasteiger charge is -2.35. The fraction of sp³-hybridized carbons (Fsp3) is 0.500. The molecule has 0 saturated carbocycles. The molecule has 0 spiro atoms. The summed E-state index contributed by atoms with van der Waals surface area (Å²) < 4.78 is 0. The van der Waals surface area contributed by atoms with Crippen molar-refractivity contribution >= 4 is 5.91 Å². The number of amides is 1. The molecule has 2 bridgehead atoms. The number of aromatic amines is 1. The van der Waals surface area contributed by atoms with Gasteiger partial charge in [0.15, 0.2) is 0 Å². The van der Waals surface area contributed by atoms with E-state index in [0.29, 0.717) is 6.04 Å². The summed E-state index contributed by atoms with van der Waals surface area (Å²) >= 11 is 0. The molecule has 3 heterocycles. The number of nitrogens with two attached hydrogens (primary N) is 1. The van der Waals surface area contributed by atoms with Crippen LogP contribution in [-0.4, -0.2) is 33.1 Å². The monoisotopic (exact) mass is 338 g/mol. The van der Waals surface area contributed by atoms with Crippen LogP contribution in [-0.2, 0) is 17.8 Å². The molecule has 0 aliphatic carbocycles. The summed E-state index contributed by atoms with van der Waals surface area (Å²) in [6.07, 6.45) is 3.82. The van der Waals surface area contributed by atoms with Crippen LogP contribution in [0.1, 0.15) is 41.8 Å². The summed E-state index contributed by atoms with van der Waals surface area (Å²) in [6, 6.07) is 11.0. The normalized spacial score (nSPS) is 28.6. The van der Waals surface area contributed by atoms with Crippen molar-refractivity contribution in [2.45, 2.75) is 58.2 Å². The van der Waals surface area contributed by atoms with Gasteiger partial charge in [-0.2, -0.15) is 5.10 Å². The van der Waals surface area contributed by atoms with E-state index in [1.807, 2.05) is 25.1 Å². The number of carbonyl (C=O) groups is 1. The average Bonchev–Trinajstić information content (AvgIpc) is 3.23. The highest BCUT2D eigenvalue weighted by Crippen LogP contribution is 2.52. The molecule has 3 atom stereocenters. The zero-order valence-electron chi connectivity index (χ0n) is 15.0. The SMILES string of the molecule is Cc1n[nH]c(C)c1CN1[C@H]2CC[C@@H]1[C@](Cc1ccccc1)(C(N)=O)C2. The number of rotatable bonds is 5. The van der Waals surface area contributed by atoms with E-state index in [4.69, 9.17) is 5.73 Å². The maximum absolute atomic E-state index is 12.6. The molecule has 1 aromatic heterocycles. The summed E-state index contributed by atoms with van der Waals surface area (Å²) in [7, 11) is 0. The second kappa shape index (κ2) is 5.99. The standard InChI is InChI=1S/C20H26N4O/c1-13-17(14(2)23-22-13)12-24-16-8-9-18(24)20(11-16,19(21)25)10-15-6-4-3-5-7-15/h3-7,16,18H,8-12H2,1-2H3,(H2,21,25)(H,22,23)/t16-,18+,20+/m0/s1. The van der Waals surface area contributed by atoms with Gasteiger partial charge in [0.1, 0.15) is 0 Å². The van der Waals surface area contributed by atoms with Crippen LogP contribution in [0.5, 0.6) is 0 Å². The quantitative estimate of drug-likeness (QED) is 0.879. The van der Waals surface area contributed by atoms with Crippen LogP contribution in [0.4, 0.5) is 0 Å². The van der Waals surface area contributed by atoms with Crippen LogP contribution in [0.3, 0.4) is 0 Å². The Labute approximate surface area is 148 Å². The largest absolute Gasteiger partial charge is 0.369 e. The number of benzene rings is 1. The Morgan fingerprint density at radius 3 is 2.72 bits per heavy atom. The Bertz CT molecular complexity index is 765. The van der Waals surface area contributed by atoms with Gasteiger partial charge in [0.2, 0.25) is 5.91 Å². The molecule has 2 fully saturated rings. The molecular weight excluding hydrogens is 312 g/mol. The van der Waals surface area contributed by atoms with E-state index in [1.54, 1.807) is 0 Å². The molecule has 3 N–H and O–H groups in total. The topological polar surface area (TPSA) is 75.0 Å². The van der Waals surface area contributed by atoms with E-state index in [-0.39, 0.29) is 11.9 Å². The Kier molecular flexibility index (Phi) is 3.91. The lowest BCUT2D eigenvalue weighted by Crippen LogP contribution is -2.48. The molecule has 1 amide bonds. The number of hydrogen-bond donors (Lipinski definition) is 2. The maximum atomic E-state index is 12.6. The van der Waals surface area contributed by atoms with Crippen LogP contribution in [0.15, 0.2) is 30.3 Å². The number of carbonyl (C=O) groups excluding carboxylic acids is 1. The molecule has 5 nitrogen and oxygen atoms in total. The molecule has 0 unspecified atom stereocenters. The Balaban J connectivity index is 1.64. The van der Waals surface area contributed by atoms with Gasteiger partial charge in [0.25, 0.3) is 0 Å². The van der Waals surface area contributed by atoms with Gasteiger partial charge in [-0.15, -0.1) is 0 Å². The van der Waals surface area contributed by atoms with Gasteiger partial charge < -0.3 is 5.73 Å². The molecule has 2 aromatic rings. The van der Waals surface area contributed by atoms with Gasteiger partial charge in [-0.3, -0.25) is 14.8 Å². The summed E-state index contributed by atoms with van der Waals surface area (Å²) in [5.41, 5.74) is 10.2. The molecule has 4 rings (SSSR count). The Morgan fingerprint density at radius 2 is 2.08 bits per heavy atom. The fourth-order valence-electron chi connectivity index (χ4n) is 5.04. The molecule has 5 heteroatoms. The summed E-state index contributed by atoms with van der Waals surface area (Å²) in [5, 5.41) is 7.40. The third-order valence-corrected chi connectivity index (χ3v) is 6.35. The van der Waals surface area contributed by atoms with Crippen LogP contribution in [0, 0.1) is 19.3 Å². The van der Waals surface area contributed by atoms with Gasteiger partial charge in [0.05, 0.1) is 11.1 Å². The average molecular weight is 338 g/mol. The second-order valence-electron chi connectivity index (χ2n) is 7.72. The van der Waals surface area contributed by atoms with Gasteiger partial charge in [-0.05, 0) is 45.1 Å². The number of primary amides is 1. The van der Waals surface area contributed by atoms with Crippen molar-refractivity contribution in [3.8, 4) is 0 Å². The highest BCUT2D eigenvalue weighted by atomic mass is 16.1. The van der Waals surface area contributed by atoms with Gasteiger partial charge in [-0.1, -0.05) is 30.3 Å². The highest BCUT2D eigenvalue weighted by molar-refractivity contribution is 5.83. The lowest BCUT2D eigenvalue weighted by molar-refractivity contribution is -0.129. The van der Waals surface area contributed by atoms with Crippen molar-refractivity contribution in [2.24, 2.45) is 11.1 Å². The van der Waals surface area contributed by atoms with Crippen molar-refractivity contribution in [1.29, 1.82) is 0 Å². The highest BCUT2D eigenvalue weighted by Gasteiger charge is 2.58. The third-order valence-electron chi connectivity index (χ3n) is 6.35. The van der Waals surface area contributed by atoms with Crippen LogP contribution >= 0.6 is 0 Å². The van der Waals surface area contributed by atoms with Crippen LogP contribution in [0.25, 0.3) is 0 Å². The predicted molar refractivity (Wildman–Crippen MR) is 96.8 cm³/mol. The Morgan fingerprint density at radius 1 is 1.32 bits per heavy atom. The first-order valence-electron chi connectivity index (χ1n) is 9.11. The molecule has 1 aromatic carbocycles. The van der Waals surface area contributed by atoms with E-state index < -0.39 is 5.41 Å². The fourth-order valence-corrected chi connectivity index (χ4v) is 5.04. The molecule has 2 saturated heterocycles. The van der Waals surface area contributed by atoms with Gasteiger partial charge in [-0.25, -0.2) is 0 Å². The number of hydrogen-bond acceptors (Lipinski definition) is 3. The van der Waals surface area contributed by atoms with E-state index in [2.05, 4.69) is 34.2 Å². The zero-order valence-corrected chi connectivity index (χ0v) is 15.0. The van der Waals surface area contributed by atoms with Crippen molar-refractivity contribution in [1.82, 2.24) is 15.1 Å². The molecule has 132 valence electrons. The second-order valence-corrected chi connectivity index (χ2v) is 7.72. The molecule has 2 aliphatic heterocycles. The number of fused-ring (bicyclic) bond motifs is 2. The molecule has 0 radical (unpaired) electrons. The van der Waals surface area contributed by atoms with Crippen molar-refractivity contribution in [2.75, 3.05) is 0 Å². The van der Waals surface area contributed by atoms with E-state index in [1.165, 1.54) is 11.1 Å². The first-order valence-corrected chi connectivity index (χ1v) is 9.11. The lowest BCUT2D eigenvalue weighted by atomic mass is 9.69. The minimum atomic E-state index is -0.449. The van der Waals surface area contributed by atoms with E-state index in [9.17, 15) is 4.79 Å². The molecule has 25 heavy (non-hydrogen) atoms. The van der Waals surface area contributed by atoms with Crippen LogP contribution in [0.2, 0.25) is 0 Å². The molecule has 2 aliphatic rings. The number of nitrogens with one attached hydrogen (secondary N) is 1. The van der Waals surface area contributed by atoms with E-state index >= 15 is 0 Å². The number of aryl methyl sites for hydroxylation is 2. The first kappa shape index (κ1) is 16.3. The zero-order chi connectivity index (χ0) is 17.6. The number of aromatic nitrogens is 2. The smallest absolute Gasteiger partial charge is 0.225 e. The molecular formula is C20H26N4O. The predicted octanol–water partition coefficient (Wildman–Crippen LogP) is 2.48. The van der Waals surface area contributed by atoms with Crippen molar-refractivity contribution < 1.29 is 4.79 Å². The van der Waals surface area contributed by atoms with E-state index in [0.717, 1.165) is 43.6 Å². The third kappa shape index (κ3) is 2.58. The van der Waals surface area contributed by atoms with Crippen molar-refractivity contribution in [3.05, 3.63) is 52.8 Å². The number of nitrogens with zero attached hydrogens (tertiary/aromatic N) is 2. The summed E-state index contributed by atoms with van der Waals surface area (Å²) in [5.74, 6) is -0.144. The summed E-state index contributed by atoms with van der Waals surface area (Å²) in [6.45, 7) is 4.97. The van der Waals surface area contributed by atoms with Crippen molar-refractivity contribution in [3.63, 3.8) is 0 Å². The van der Waals surface area contributed by atoms with Gasteiger partial charge >= 0.3 is 0 Å². The van der Waals surface area contributed by atoms with Crippen LogP contribution < -0.4 is 5.73 Å². The number of H-pyrrole nitrogens is 1. The maximum Gasteiger partial charge on any atom is 0.225 e. The summed E-state index contributed by atoms with van der Waals surface area (Å²) in [4.78, 5) is 15.1. The minimum Gasteiger partial charge on any atom is -0.369 e. The minimum absolute atomic E-state index is 0.144.